The van der Waals surface area contributed by atoms with Gasteiger partial charge in [-0.25, -0.2) is 0 Å². The van der Waals surface area contributed by atoms with Gasteiger partial charge in [-0.2, -0.15) is 13.2 Å². The molecule has 0 radical (unpaired) electrons. The molecule has 0 heterocycles. The van der Waals surface area contributed by atoms with Gasteiger partial charge in [-0.05, 0) is 37.5 Å². The average Bonchev–Trinajstić information content (AvgIpc) is 3.27. The summed E-state index contributed by atoms with van der Waals surface area (Å²) < 4.78 is 39.1. The SMILES string of the molecule is CCCNC(=O)C1(C(=O)Nc2ccc(Cl)cc2C(F)(F)F)CC1. The fourth-order valence-electron chi connectivity index (χ4n) is 2.19. The summed E-state index contributed by atoms with van der Waals surface area (Å²) in [5.74, 6) is -1.17. The van der Waals surface area contributed by atoms with Crippen LogP contribution in [0.5, 0.6) is 0 Å². The number of amides is 2. The van der Waals surface area contributed by atoms with Crippen molar-refractivity contribution in [1.82, 2.24) is 5.32 Å². The second-order valence-electron chi connectivity index (χ2n) is 5.48. The van der Waals surface area contributed by atoms with Gasteiger partial charge in [0.25, 0.3) is 0 Å². The summed E-state index contributed by atoms with van der Waals surface area (Å²) in [4.78, 5) is 24.3. The van der Waals surface area contributed by atoms with Crippen molar-refractivity contribution in [2.24, 2.45) is 5.41 Å². The van der Waals surface area contributed by atoms with E-state index in [2.05, 4.69) is 10.6 Å². The summed E-state index contributed by atoms with van der Waals surface area (Å²) >= 11 is 5.59. The topological polar surface area (TPSA) is 58.2 Å². The van der Waals surface area contributed by atoms with Crippen molar-refractivity contribution < 1.29 is 22.8 Å². The van der Waals surface area contributed by atoms with Crippen molar-refractivity contribution in [3.8, 4) is 0 Å². The molecule has 0 aromatic heterocycles. The predicted molar refractivity (Wildman–Crippen MR) is 80.1 cm³/mol. The lowest BCUT2D eigenvalue weighted by Crippen LogP contribution is -2.40. The van der Waals surface area contributed by atoms with Crippen LogP contribution in [-0.2, 0) is 15.8 Å². The molecule has 2 N–H and O–H groups in total. The van der Waals surface area contributed by atoms with Crippen molar-refractivity contribution in [1.29, 1.82) is 0 Å². The molecule has 1 fully saturated rings. The first-order valence-corrected chi connectivity index (χ1v) is 7.55. The van der Waals surface area contributed by atoms with E-state index in [1.165, 1.54) is 6.07 Å². The number of hydrogen-bond donors (Lipinski definition) is 2. The summed E-state index contributed by atoms with van der Waals surface area (Å²) in [6.45, 7) is 2.28. The van der Waals surface area contributed by atoms with Gasteiger partial charge in [-0.1, -0.05) is 18.5 Å². The van der Waals surface area contributed by atoms with Crippen LogP contribution in [0.15, 0.2) is 18.2 Å². The van der Waals surface area contributed by atoms with Crippen molar-refractivity contribution >= 4 is 29.1 Å². The Kier molecular flexibility index (Phi) is 4.89. The minimum atomic E-state index is -4.66. The fourth-order valence-corrected chi connectivity index (χ4v) is 2.36. The van der Waals surface area contributed by atoms with Crippen LogP contribution in [-0.4, -0.2) is 18.4 Å². The summed E-state index contributed by atoms with van der Waals surface area (Å²) in [6.07, 6.45) is -3.31. The van der Waals surface area contributed by atoms with Crippen LogP contribution >= 0.6 is 11.6 Å². The Bertz CT molecular complexity index is 628. The van der Waals surface area contributed by atoms with E-state index in [-0.39, 0.29) is 5.02 Å². The van der Waals surface area contributed by atoms with E-state index in [1.54, 1.807) is 0 Å². The number of hydrogen-bond acceptors (Lipinski definition) is 2. The molecule has 1 aromatic carbocycles. The Hall–Kier alpha value is -1.76. The number of anilines is 1. The van der Waals surface area contributed by atoms with E-state index in [4.69, 9.17) is 11.6 Å². The van der Waals surface area contributed by atoms with Crippen LogP contribution < -0.4 is 10.6 Å². The van der Waals surface area contributed by atoms with E-state index in [9.17, 15) is 22.8 Å². The first-order chi connectivity index (χ1) is 10.7. The van der Waals surface area contributed by atoms with Crippen LogP contribution in [0.4, 0.5) is 18.9 Å². The van der Waals surface area contributed by atoms with Gasteiger partial charge in [0.15, 0.2) is 0 Å². The first kappa shape index (κ1) is 17.6. The van der Waals surface area contributed by atoms with Crippen molar-refractivity contribution in [3.05, 3.63) is 28.8 Å². The molecule has 8 heteroatoms. The predicted octanol–water partition coefficient (Wildman–Crippen LogP) is 3.60. The van der Waals surface area contributed by atoms with Gasteiger partial charge in [0.2, 0.25) is 11.8 Å². The second-order valence-corrected chi connectivity index (χ2v) is 5.92. The molecule has 2 amide bonds. The molecule has 0 atom stereocenters. The number of carbonyl (C=O) groups excluding carboxylic acids is 2. The Morgan fingerprint density at radius 1 is 1.26 bits per heavy atom. The first-order valence-electron chi connectivity index (χ1n) is 7.17. The summed E-state index contributed by atoms with van der Waals surface area (Å²) in [5.41, 5.74) is -2.71. The summed E-state index contributed by atoms with van der Waals surface area (Å²) in [5, 5.41) is 4.75. The fraction of sp³-hybridized carbons (Fsp3) is 0.467. The molecule has 0 bridgehead atoms. The van der Waals surface area contributed by atoms with Gasteiger partial charge in [0, 0.05) is 11.6 Å². The summed E-state index contributed by atoms with van der Waals surface area (Å²) in [7, 11) is 0. The van der Waals surface area contributed by atoms with Gasteiger partial charge in [0.1, 0.15) is 5.41 Å². The molecule has 1 aromatic rings. The number of rotatable bonds is 5. The van der Waals surface area contributed by atoms with Crippen LogP contribution in [0.1, 0.15) is 31.7 Å². The third-order valence-electron chi connectivity index (χ3n) is 3.69. The molecule has 0 spiro atoms. The third kappa shape index (κ3) is 3.77. The van der Waals surface area contributed by atoms with E-state index < -0.39 is 34.7 Å². The zero-order valence-electron chi connectivity index (χ0n) is 12.4. The Balaban J connectivity index is 2.20. The lowest BCUT2D eigenvalue weighted by atomic mass is 10.0. The number of alkyl halides is 3. The van der Waals surface area contributed by atoms with Crippen molar-refractivity contribution in [2.75, 3.05) is 11.9 Å². The van der Waals surface area contributed by atoms with E-state index in [0.717, 1.165) is 12.1 Å². The smallest absolute Gasteiger partial charge is 0.355 e. The van der Waals surface area contributed by atoms with E-state index >= 15 is 0 Å². The molecule has 1 aliphatic rings. The molecule has 0 aliphatic heterocycles. The van der Waals surface area contributed by atoms with Gasteiger partial charge < -0.3 is 10.6 Å². The molecule has 0 unspecified atom stereocenters. The molecule has 23 heavy (non-hydrogen) atoms. The average molecular weight is 349 g/mol. The maximum Gasteiger partial charge on any atom is 0.418 e. The highest BCUT2D eigenvalue weighted by Gasteiger charge is 2.56. The maximum absolute atomic E-state index is 13.0. The number of nitrogens with one attached hydrogen (secondary N) is 2. The maximum atomic E-state index is 13.0. The molecule has 1 saturated carbocycles. The normalized spacial score (nSPS) is 15.9. The molecular weight excluding hydrogens is 333 g/mol. The Labute approximate surface area is 136 Å². The van der Waals surface area contributed by atoms with Gasteiger partial charge in [-0.15, -0.1) is 0 Å². The molecule has 4 nitrogen and oxygen atoms in total. The van der Waals surface area contributed by atoms with Crippen LogP contribution in [0.2, 0.25) is 5.02 Å². The number of halogens is 4. The standard InChI is InChI=1S/C15H16ClF3N2O2/c1-2-7-20-12(22)14(5-6-14)13(23)21-11-4-3-9(16)8-10(11)15(17,18)19/h3-4,8H,2,5-7H2,1H3,(H,20,22)(H,21,23). The zero-order chi connectivity index (χ0) is 17.3. The minimum absolute atomic E-state index is 0.0860. The third-order valence-corrected chi connectivity index (χ3v) is 3.93. The minimum Gasteiger partial charge on any atom is -0.355 e. The van der Waals surface area contributed by atoms with Crippen LogP contribution in [0.3, 0.4) is 0 Å². The van der Waals surface area contributed by atoms with Crippen LogP contribution in [0.25, 0.3) is 0 Å². The monoisotopic (exact) mass is 348 g/mol. The van der Waals surface area contributed by atoms with Crippen LogP contribution in [0, 0.1) is 5.41 Å². The molecule has 0 saturated heterocycles. The molecular formula is C15H16ClF3N2O2. The Morgan fingerprint density at radius 3 is 2.43 bits per heavy atom. The molecule has 126 valence electrons. The Morgan fingerprint density at radius 2 is 1.91 bits per heavy atom. The second kappa shape index (κ2) is 6.39. The van der Waals surface area contributed by atoms with Crippen molar-refractivity contribution in [3.63, 3.8) is 0 Å². The highest BCUT2D eigenvalue weighted by Crippen LogP contribution is 2.47. The van der Waals surface area contributed by atoms with Gasteiger partial charge in [-0.3, -0.25) is 9.59 Å². The summed E-state index contributed by atoms with van der Waals surface area (Å²) in [6, 6.07) is 3.08. The van der Waals surface area contributed by atoms with E-state index in [0.29, 0.717) is 25.8 Å². The highest BCUT2D eigenvalue weighted by molar-refractivity contribution is 6.30. The quantitative estimate of drug-likeness (QED) is 0.799. The lowest BCUT2D eigenvalue weighted by Gasteiger charge is -2.18. The number of benzene rings is 1. The van der Waals surface area contributed by atoms with Gasteiger partial charge in [0.05, 0.1) is 11.3 Å². The lowest BCUT2D eigenvalue weighted by molar-refractivity contribution is -0.137. The zero-order valence-corrected chi connectivity index (χ0v) is 13.1. The number of carbonyl (C=O) groups is 2. The highest BCUT2D eigenvalue weighted by atomic mass is 35.5. The molecule has 2 rings (SSSR count). The van der Waals surface area contributed by atoms with Gasteiger partial charge >= 0.3 is 6.18 Å². The largest absolute Gasteiger partial charge is 0.418 e. The van der Waals surface area contributed by atoms with Crippen molar-refractivity contribution in [2.45, 2.75) is 32.4 Å². The molecule has 1 aliphatic carbocycles. The van der Waals surface area contributed by atoms with E-state index in [1.807, 2.05) is 6.92 Å².